The predicted octanol–water partition coefficient (Wildman–Crippen LogP) is 12.5. The first-order chi connectivity index (χ1) is 25.5. The van der Waals surface area contributed by atoms with Crippen LogP contribution in [0.5, 0.6) is 0 Å². The summed E-state index contributed by atoms with van der Waals surface area (Å²) in [6, 6.07) is 54.2. The van der Waals surface area contributed by atoms with E-state index in [2.05, 4.69) is 188 Å². The number of aromatic nitrogens is 2. The van der Waals surface area contributed by atoms with Gasteiger partial charge in [-0.05, 0) is 71.8 Å². The third kappa shape index (κ3) is 5.06. The van der Waals surface area contributed by atoms with Crippen molar-refractivity contribution in [1.29, 1.82) is 0 Å². The van der Waals surface area contributed by atoms with E-state index in [0.717, 1.165) is 27.6 Å². The molecular weight excluding hydrogens is 677 g/mol. The van der Waals surface area contributed by atoms with Crippen molar-refractivity contribution < 1.29 is 4.42 Å². The van der Waals surface area contributed by atoms with Gasteiger partial charge in [0.2, 0.25) is 0 Å². The second kappa shape index (κ2) is 11.4. The van der Waals surface area contributed by atoms with Gasteiger partial charge in [-0.25, -0.2) is 0 Å². The monoisotopic (exact) mass is 718 g/mol. The van der Waals surface area contributed by atoms with Gasteiger partial charge in [0.05, 0.1) is 38.2 Å². The highest BCUT2D eigenvalue weighted by molar-refractivity contribution is 6.89. The summed E-state index contributed by atoms with van der Waals surface area (Å²) in [5, 5.41) is 10.4. The van der Waals surface area contributed by atoms with Crippen LogP contribution in [0.25, 0.3) is 88.1 Å². The van der Waals surface area contributed by atoms with E-state index in [1.54, 1.807) is 0 Å². The van der Waals surface area contributed by atoms with E-state index >= 15 is 0 Å². The molecule has 7 aromatic carbocycles. The molecule has 0 unspecified atom stereocenters. The zero-order chi connectivity index (χ0) is 36.2. The first-order valence-electron chi connectivity index (χ1n) is 18.7. The molecule has 0 amide bonds. The van der Waals surface area contributed by atoms with Crippen LogP contribution in [0.2, 0.25) is 39.3 Å². The van der Waals surface area contributed by atoms with Gasteiger partial charge >= 0.3 is 0 Å². The molecule has 0 aliphatic carbocycles. The molecule has 3 nitrogen and oxygen atoms in total. The van der Waals surface area contributed by atoms with E-state index in [9.17, 15) is 0 Å². The molecule has 10 aromatic rings. The van der Waals surface area contributed by atoms with Crippen molar-refractivity contribution in [2.45, 2.75) is 39.3 Å². The first-order valence-corrected chi connectivity index (χ1v) is 25.7. The Kier molecular flexibility index (Phi) is 6.92. The lowest BCUT2D eigenvalue weighted by Gasteiger charge is -2.17. The molecular formula is C48H42N2OSi2. The Morgan fingerprint density at radius 3 is 1.58 bits per heavy atom. The van der Waals surface area contributed by atoms with E-state index in [1.807, 2.05) is 6.07 Å². The fraction of sp³-hybridized carbons (Fsp3) is 0.125. The Bertz CT molecular complexity index is 3080. The first kappa shape index (κ1) is 32.1. The fourth-order valence-electron chi connectivity index (χ4n) is 8.32. The SMILES string of the molecule is C[Si](C)(C)c1ccc2c(c1)c1cc(-c3ccc4c5cc([Si](C)(C)C)ccc5n(-c5ccc6c(c5)oc5ccccc56)c4c3)ccc1n2-c1ccccc1. The minimum Gasteiger partial charge on any atom is -0.456 e. The average Bonchev–Trinajstić information content (AvgIpc) is 3.80. The van der Waals surface area contributed by atoms with Crippen LogP contribution in [0.4, 0.5) is 0 Å². The van der Waals surface area contributed by atoms with Crippen LogP contribution in [-0.2, 0) is 0 Å². The highest BCUT2D eigenvalue weighted by atomic mass is 28.3. The minimum absolute atomic E-state index is 0.909. The molecule has 0 N–H and O–H groups in total. The molecule has 3 heterocycles. The van der Waals surface area contributed by atoms with Crippen molar-refractivity contribution in [2.75, 3.05) is 0 Å². The largest absolute Gasteiger partial charge is 0.456 e. The number of rotatable bonds is 5. The second-order valence-electron chi connectivity index (χ2n) is 16.7. The summed E-state index contributed by atoms with van der Waals surface area (Å²) in [7, 11) is -3.07. The van der Waals surface area contributed by atoms with Gasteiger partial charge in [-0.15, -0.1) is 0 Å². The molecule has 0 fully saturated rings. The predicted molar refractivity (Wildman–Crippen MR) is 234 cm³/mol. The number of furan rings is 1. The van der Waals surface area contributed by atoms with Crippen molar-refractivity contribution in [3.8, 4) is 22.5 Å². The van der Waals surface area contributed by atoms with Crippen LogP contribution in [-0.4, -0.2) is 25.3 Å². The van der Waals surface area contributed by atoms with E-state index in [-0.39, 0.29) is 0 Å². The highest BCUT2D eigenvalue weighted by Crippen LogP contribution is 2.39. The molecule has 53 heavy (non-hydrogen) atoms. The number of benzene rings is 7. The molecule has 10 rings (SSSR count). The zero-order valence-corrected chi connectivity index (χ0v) is 33.2. The maximum Gasteiger partial charge on any atom is 0.137 e. The van der Waals surface area contributed by atoms with Gasteiger partial charge < -0.3 is 13.6 Å². The lowest BCUT2D eigenvalue weighted by molar-refractivity contribution is 0.668. The third-order valence-electron chi connectivity index (χ3n) is 11.2. The van der Waals surface area contributed by atoms with Crippen LogP contribution in [0.1, 0.15) is 0 Å². The van der Waals surface area contributed by atoms with E-state index in [4.69, 9.17) is 4.42 Å². The minimum atomic E-state index is -1.54. The van der Waals surface area contributed by atoms with Gasteiger partial charge in [0.15, 0.2) is 0 Å². The second-order valence-corrected chi connectivity index (χ2v) is 26.9. The molecule has 0 spiro atoms. The van der Waals surface area contributed by atoms with Crippen molar-refractivity contribution >= 4 is 92.1 Å². The van der Waals surface area contributed by atoms with Gasteiger partial charge in [0.1, 0.15) is 11.2 Å². The molecule has 0 aliphatic heterocycles. The summed E-state index contributed by atoms with van der Waals surface area (Å²) in [6.45, 7) is 14.6. The topological polar surface area (TPSA) is 23.0 Å². The van der Waals surface area contributed by atoms with Gasteiger partial charge in [-0.1, -0.05) is 129 Å². The summed E-state index contributed by atoms with van der Waals surface area (Å²) in [5.74, 6) is 0. The maximum absolute atomic E-state index is 6.40. The van der Waals surface area contributed by atoms with Crippen LogP contribution >= 0.6 is 0 Å². The van der Waals surface area contributed by atoms with E-state index in [0.29, 0.717) is 0 Å². The number of hydrogen-bond donors (Lipinski definition) is 0. The Morgan fingerprint density at radius 2 is 0.887 bits per heavy atom. The Balaban J connectivity index is 1.22. The lowest BCUT2D eigenvalue weighted by Crippen LogP contribution is -2.37. The average molecular weight is 719 g/mol. The van der Waals surface area contributed by atoms with Crippen LogP contribution < -0.4 is 10.4 Å². The molecule has 0 saturated heterocycles. The van der Waals surface area contributed by atoms with Crippen LogP contribution in [0.15, 0.2) is 150 Å². The van der Waals surface area contributed by atoms with Crippen molar-refractivity contribution in [3.05, 3.63) is 146 Å². The molecule has 0 aliphatic rings. The van der Waals surface area contributed by atoms with Gasteiger partial charge in [-0.2, -0.15) is 0 Å². The molecule has 258 valence electrons. The van der Waals surface area contributed by atoms with Crippen LogP contribution in [0.3, 0.4) is 0 Å². The highest BCUT2D eigenvalue weighted by Gasteiger charge is 2.22. The van der Waals surface area contributed by atoms with Gasteiger partial charge in [0, 0.05) is 49.8 Å². The molecule has 5 heteroatoms. The third-order valence-corrected chi connectivity index (χ3v) is 15.3. The molecule has 0 saturated carbocycles. The quantitative estimate of drug-likeness (QED) is 0.163. The molecule has 0 atom stereocenters. The summed E-state index contributed by atoms with van der Waals surface area (Å²) >= 11 is 0. The number of hydrogen-bond acceptors (Lipinski definition) is 1. The van der Waals surface area contributed by atoms with Crippen molar-refractivity contribution in [1.82, 2.24) is 9.13 Å². The summed E-state index contributed by atoms with van der Waals surface area (Å²) in [4.78, 5) is 0. The Morgan fingerprint density at radius 1 is 0.358 bits per heavy atom. The van der Waals surface area contributed by atoms with E-state index < -0.39 is 16.1 Å². The molecule has 0 radical (unpaired) electrons. The summed E-state index contributed by atoms with van der Waals surface area (Å²) < 4.78 is 11.3. The Hall–Kier alpha value is -5.63. The zero-order valence-electron chi connectivity index (χ0n) is 31.2. The molecule has 3 aromatic heterocycles. The Labute approximate surface area is 311 Å². The normalized spacial score (nSPS) is 12.7. The number of nitrogens with zero attached hydrogens (tertiary/aromatic N) is 2. The fourth-order valence-corrected chi connectivity index (χ4v) is 10.6. The molecule has 0 bridgehead atoms. The van der Waals surface area contributed by atoms with E-state index in [1.165, 1.54) is 70.8 Å². The maximum atomic E-state index is 6.40. The van der Waals surface area contributed by atoms with Gasteiger partial charge in [0.25, 0.3) is 0 Å². The standard InChI is InChI=1S/C48H42N2OSi2/c1-52(2,3)35-19-24-44-41(29-35)37-21-16-32(27-46(37)50(44)34-18-22-39-38-14-10-11-15-47(38)51-48(39)28-34)31-17-23-43-40(26-31)42-30-36(53(4,5)6)20-25-45(42)49(43)33-12-8-7-9-13-33/h7-30H,1-6H3. The van der Waals surface area contributed by atoms with Crippen molar-refractivity contribution in [2.24, 2.45) is 0 Å². The van der Waals surface area contributed by atoms with Crippen molar-refractivity contribution in [3.63, 3.8) is 0 Å². The number of fused-ring (bicyclic) bond motifs is 9. The van der Waals surface area contributed by atoms with Gasteiger partial charge in [-0.3, -0.25) is 0 Å². The lowest BCUT2D eigenvalue weighted by atomic mass is 10.0. The summed E-state index contributed by atoms with van der Waals surface area (Å²) in [6.07, 6.45) is 0. The summed E-state index contributed by atoms with van der Waals surface area (Å²) in [5.41, 5.74) is 11.5. The number of para-hydroxylation sites is 2. The van der Waals surface area contributed by atoms with Crippen LogP contribution in [0, 0.1) is 0 Å². The smallest absolute Gasteiger partial charge is 0.137 e.